The summed E-state index contributed by atoms with van der Waals surface area (Å²) in [5.41, 5.74) is 0.898. The highest BCUT2D eigenvalue weighted by molar-refractivity contribution is 5.81. The molecule has 0 saturated heterocycles. The van der Waals surface area contributed by atoms with Crippen LogP contribution in [0.2, 0.25) is 0 Å². The van der Waals surface area contributed by atoms with E-state index in [1.54, 1.807) is 4.90 Å². The summed E-state index contributed by atoms with van der Waals surface area (Å²) in [6, 6.07) is 10.2. The lowest BCUT2D eigenvalue weighted by atomic mass is 9.95. The second-order valence-corrected chi connectivity index (χ2v) is 10.8. The maximum absolute atomic E-state index is 13.8. The number of carbonyl (C=O) groups is 2. The first-order valence-electron chi connectivity index (χ1n) is 14.2. The SMILES string of the molecule is CCCN(CCC)C(=O)CC(C)(O)CC(=O)N[C@@H](Cc1cc(F)cc(F)c1)[C@H](O)CNCc1cccc(CC)c1. The maximum atomic E-state index is 13.8. The molecule has 0 aromatic heterocycles. The van der Waals surface area contributed by atoms with Gasteiger partial charge in [-0.05, 0) is 61.4 Å². The quantitative estimate of drug-likeness (QED) is 0.235. The Labute approximate surface area is 237 Å². The highest BCUT2D eigenvalue weighted by Crippen LogP contribution is 2.18. The summed E-state index contributed by atoms with van der Waals surface area (Å²) in [6.07, 6.45) is 0.750. The summed E-state index contributed by atoms with van der Waals surface area (Å²) in [5, 5.41) is 27.8. The van der Waals surface area contributed by atoms with Gasteiger partial charge in [-0.3, -0.25) is 9.59 Å². The van der Waals surface area contributed by atoms with Gasteiger partial charge in [-0.15, -0.1) is 0 Å². The second kappa shape index (κ2) is 16.4. The first-order chi connectivity index (χ1) is 19.0. The largest absolute Gasteiger partial charge is 0.390 e. The number of aryl methyl sites for hydroxylation is 1. The van der Waals surface area contributed by atoms with Gasteiger partial charge in [0.25, 0.3) is 0 Å². The Kier molecular flexibility index (Phi) is 13.7. The van der Waals surface area contributed by atoms with E-state index in [0.29, 0.717) is 19.6 Å². The molecule has 2 aromatic rings. The van der Waals surface area contributed by atoms with Crippen LogP contribution in [-0.4, -0.2) is 64.3 Å². The molecule has 9 heteroatoms. The van der Waals surface area contributed by atoms with Gasteiger partial charge >= 0.3 is 0 Å². The monoisotopic (exact) mass is 561 g/mol. The number of rotatable bonds is 17. The van der Waals surface area contributed by atoms with E-state index in [4.69, 9.17) is 0 Å². The topological polar surface area (TPSA) is 102 Å². The lowest BCUT2D eigenvalue weighted by Crippen LogP contribution is -2.50. The lowest BCUT2D eigenvalue weighted by molar-refractivity contribution is -0.138. The Balaban J connectivity index is 2.08. The molecular formula is C31H45F2N3O4. The number of hydrogen-bond acceptors (Lipinski definition) is 5. The van der Waals surface area contributed by atoms with Crippen molar-refractivity contribution in [3.8, 4) is 0 Å². The van der Waals surface area contributed by atoms with Crippen LogP contribution in [-0.2, 0) is 29.0 Å². The van der Waals surface area contributed by atoms with Gasteiger partial charge in [0.05, 0.1) is 30.6 Å². The molecule has 40 heavy (non-hydrogen) atoms. The Morgan fingerprint density at radius 2 is 1.57 bits per heavy atom. The van der Waals surface area contributed by atoms with Gasteiger partial charge in [0.15, 0.2) is 0 Å². The van der Waals surface area contributed by atoms with Gasteiger partial charge in [0, 0.05) is 32.2 Å². The van der Waals surface area contributed by atoms with E-state index in [1.165, 1.54) is 12.5 Å². The summed E-state index contributed by atoms with van der Waals surface area (Å²) < 4.78 is 27.7. The van der Waals surface area contributed by atoms with Gasteiger partial charge in [-0.1, -0.05) is 45.0 Å². The van der Waals surface area contributed by atoms with Crippen LogP contribution < -0.4 is 10.6 Å². The number of amides is 2. The number of nitrogens with one attached hydrogen (secondary N) is 2. The van der Waals surface area contributed by atoms with Crippen molar-refractivity contribution in [1.82, 2.24) is 15.5 Å². The molecule has 4 N–H and O–H groups in total. The third-order valence-electron chi connectivity index (χ3n) is 6.68. The van der Waals surface area contributed by atoms with E-state index in [-0.39, 0.29) is 37.3 Å². The molecular weight excluding hydrogens is 516 g/mol. The fraction of sp³-hybridized carbons (Fsp3) is 0.548. The van der Waals surface area contributed by atoms with Gasteiger partial charge in [-0.25, -0.2) is 8.78 Å². The zero-order valence-corrected chi connectivity index (χ0v) is 24.2. The molecule has 0 fully saturated rings. The van der Waals surface area contributed by atoms with E-state index in [0.717, 1.165) is 43.0 Å². The molecule has 0 heterocycles. The van der Waals surface area contributed by atoms with Crippen LogP contribution in [0.15, 0.2) is 42.5 Å². The zero-order valence-electron chi connectivity index (χ0n) is 24.2. The highest BCUT2D eigenvalue weighted by Gasteiger charge is 2.31. The molecule has 0 aliphatic heterocycles. The third-order valence-corrected chi connectivity index (χ3v) is 6.68. The van der Waals surface area contributed by atoms with Gasteiger partial charge in [0.2, 0.25) is 11.8 Å². The first kappa shape index (κ1) is 33.3. The zero-order chi connectivity index (χ0) is 29.7. The van der Waals surface area contributed by atoms with Gasteiger partial charge in [0.1, 0.15) is 11.6 Å². The average Bonchev–Trinajstić information content (AvgIpc) is 2.87. The van der Waals surface area contributed by atoms with Crippen molar-refractivity contribution < 1.29 is 28.6 Å². The summed E-state index contributed by atoms with van der Waals surface area (Å²) in [7, 11) is 0. The van der Waals surface area contributed by atoms with E-state index in [2.05, 4.69) is 23.6 Å². The van der Waals surface area contributed by atoms with Crippen molar-refractivity contribution in [3.63, 3.8) is 0 Å². The predicted octanol–water partition coefficient (Wildman–Crippen LogP) is 3.89. The number of nitrogens with zero attached hydrogens (tertiary/aromatic N) is 1. The number of halogens is 2. The van der Waals surface area contributed by atoms with E-state index in [1.807, 2.05) is 32.0 Å². The van der Waals surface area contributed by atoms with Crippen LogP contribution in [0.25, 0.3) is 0 Å². The van der Waals surface area contributed by atoms with Crippen LogP contribution in [0.5, 0.6) is 0 Å². The summed E-state index contributed by atoms with van der Waals surface area (Å²) in [6.45, 7) is 9.17. The molecule has 0 aliphatic rings. The fourth-order valence-corrected chi connectivity index (χ4v) is 4.74. The molecule has 0 bridgehead atoms. The minimum Gasteiger partial charge on any atom is -0.390 e. The molecule has 0 radical (unpaired) electrons. The van der Waals surface area contributed by atoms with Crippen LogP contribution in [0, 0.1) is 11.6 Å². The van der Waals surface area contributed by atoms with Crippen molar-refractivity contribution in [3.05, 3.63) is 70.8 Å². The first-order valence-corrected chi connectivity index (χ1v) is 14.2. The number of aliphatic hydroxyl groups is 2. The Morgan fingerprint density at radius 3 is 2.17 bits per heavy atom. The van der Waals surface area contributed by atoms with Crippen LogP contribution >= 0.6 is 0 Å². The summed E-state index contributed by atoms with van der Waals surface area (Å²) in [5.74, 6) is -2.32. The third kappa shape index (κ3) is 11.7. The maximum Gasteiger partial charge on any atom is 0.225 e. The van der Waals surface area contributed by atoms with Crippen LogP contribution in [0.3, 0.4) is 0 Å². The normalized spacial score (nSPS) is 14.3. The molecule has 222 valence electrons. The molecule has 0 aliphatic carbocycles. The Morgan fingerprint density at radius 1 is 0.950 bits per heavy atom. The van der Waals surface area contributed by atoms with Crippen LogP contribution in [0.1, 0.15) is 70.1 Å². The van der Waals surface area contributed by atoms with Crippen LogP contribution in [0.4, 0.5) is 8.78 Å². The molecule has 0 saturated carbocycles. The molecule has 2 aromatic carbocycles. The average molecular weight is 562 g/mol. The number of carbonyl (C=O) groups excluding carboxylic acids is 2. The second-order valence-electron chi connectivity index (χ2n) is 10.8. The lowest BCUT2D eigenvalue weighted by Gasteiger charge is -2.29. The van der Waals surface area contributed by atoms with Gasteiger partial charge in [-0.2, -0.15) is 0 Å². The fourth-order valence-electron chi connectivity index (χ4n) is 4.74. The number of aliphatic hydroxyl groups excluding tert-OH is 1. The minimum absolute atomic E-state index is 0.0313. The Hall–Kier alpha value is -2.88. The molecule has 7 nitrogen and oxygen atoms in total. The van der Waals surface area contributed by atoms with E-state index in [9.17, 15) is 28.6 Å². The van der Waals surface area contributed by atoms with Crippen molar-refractivity contribution in [2.45, 2.75) is 90.5 Å². The van der Waals surface area contributed by atoms with E-state index >= 15 is 0 Å². The summed E-state index contributed by atoms with van der Waals surface area (Å²) >= 11 is 0. The van der Waals surface area contributed by atoms with E-state index < -0.39 is 35.3 Å². The molecule has 0 spiro atoms. The Bertz CT molecular complexity index is 1070. The van der Waals surface area contributed by atoms with Crippen molar-refractivity contribution in [2.24, 2.45) is 0 Å². The highest BCUT2D eigenvalue weighted by atomic mass is 19.1. The smallest absolute Gasteiger partial charge is 0.225 e. The van der Waals surface area contributed by atoms with Gasteiger partial charge < -0.3 is 25.7 Å². The van der Waals surface area contributed by atoms with Crippen molar-refractivity contribution >= 4 is 11.8 Å². The van der Waals surface area contributed by atoms with Crippen molar-refractivity contribution in [1.29, 1.82) is 0 Å². The molecule has 1 unspecified atom stereocenters. The minimum atomic E-state index is -1.61. The molecule has 2 rings (SSSR count). The summed E-state index contributed by atoms with van der Waals surface area (Å²) in [4.78, 5) is 27.4. The van der Waals surface area contributed by atoms with Crippen molar-refractivity contribution in [2.75, 3.05) is 19.6 Å². The predicted molar refractivity (Wildman–Crippen MR) is 153 cm³/mol. The number of hydrogen-bond donors (Lipinski definition) is 4. The number of benzene rings is 2. The standard InChI is InChI=1S/C31H45F2N3O4/c1-5-11-36(12-6-2)30(39)19-31(4,40)18-29(38)35-27(16-24-14-25(32)17-26(33)15-24)28(37)21-34-20-23-10-8-9-22(7-3)13-23/h8-10,13-15,17,27-28,34,37,40H,5-7,11-12,16,18-21H2,1-4H3,(H,35,38)/t27-,28+,31?/m0/s1. The molecule has 3 atom stereocenters. The molecule has 2 amide bonds.